The number of nitrogens with zero attached hydrogens (tertiary/aromatic N) is 1. The van der Waals surface area contributed by atoms with E-state index >= 15 is 0 Å². The van der Waals surface area contributed by atoms with Gasteiger partial charge in [0, 0.05) is 19.8 Å². The number of ether oxygens (including phenoxy) is 3. The highest BCUT2D eigenvalue weighted by molar-refractivity contribution is 5.63. The Morgan fingerprint density at radius 3 is 2.67 bits per heavy atom. The number of benzene rings is 1. The van der Waals surface area contributed by atoms with E-state index in [1.807, 2.05) is 19.1 Å². The second-order valence-corrected chi connectivity index (χ2v) is 4.29. The van der Waals surface area contributed by atoms with Crippen LogP contribution >= 0.6 is 0 Å². The van der Waals surface area contributed by atoms with Gasteiger partial charge in [0.2, 0.25) is 6.29 Å². The molecule has 0 saturated heterocycles. The topological polar surface area (TPSA) is 51.5 Å². The van der Waals surface area contributed by atoms with Gasteiger partial charge in [0.25, 0.3) is 0 Å². The summed E-state index contributed by atoms with van der Waals surface area (Å²) in [6, 6.07) is 7.41. The van der Waals surface area contributed by atoms with Gasteiger partial charge >= 0.3 is 0 Å². The molecule has 0 aromatic heterocycles. The molecule has 0 aliphatic carbocycles. The molecule has 1 atom stereocenters. The standard InChI is InChI=1S/C14H15NO3/c1-14(13(16-2)17-3)7-6-11-8-10(9-15)4-5-12(11)18-14/h4-8,13H,1-3H3. The molecule has 1 aliphatic heterocycles. The summed E-state index contributed by atoms with van der Waals surface area (Å²) in [5, 5.41) is 8.85. The van der Waals surface area contributed by atoms with Crippen molar-refractivity contribution in [1.29, 1.82) is 5.26 Å². The van der Waals surface area contributed by atoms with Crippen LogP contribution < -0.4 is 4.74 Å². The van der Waals surface area contributed by atoms with Crippen molar-refractivity contribution >= 4 is 6.08 Å². The largest absolute Gasteiger partial charge is 0.478 e. The minimum atomic E-state index is -0.676. The van der Waals surface area contributed by atoms with Crippen molar-refractivity contribution in [2.24, 2.45) is 0 Å². The highest BCUT2D eigenvalue weighted by Gasteiger charge is 2.37. The highest BCUT2D eigenvalue weighted by Crippen LogP contribution is 2.34. The van der Waals surface area contributed by atoms with Crippen molar-refractivity contribution in [2.75, 3.05) is 14.2 Å². The summed E-state index contributed by atoms with van der Waals surface area (Å²) >= 11 is 0. The second kappa shape index (κ2) is 4.81. The Morgan fingerprint density at radius 2 is 2.06 bits per heavy atom. The molecule has 0 spiro atoms. The molecule has 1 aliphatic rings. The van der Waals surface area contributed by atoms with E-state index in [1.165, 1.54) is 0 Å². The third-order valence-corrected chi connectivity index (χ3v) is 2.96. The van der Waals surface area contributed by atoms with E-state index in [-0.39, 0.29) is 0 Å². The summed E-state index contributed by atoms with van der Waals surface area (Å²) in [5.41, 5.74) is 0.822. The third kappa shape index (κ3) is 2.10. The maximum absolute atomic E-state index is 8.85. The molecule has 0 radical (unpaired) electrons. The molecule has 0 amide bonds. The van der Waals surface area contributed by atoms with Crippen molar-refractivity contribution in [2.45, 2.75) is 18.8 Å². The summed E-state index contributed by atoms with van der Waals surface area (Å²) in [7, 11) is 3.15. The van der Waals surface area contributed by atoms with Gasteiger partial charge in [-0.2, -0.15) is 5.26 Å². The van der Waals surface area contributed by atoms with E-state index in [4.69, 9.17) is 19.5 Å². The van der Waals surface area contributed by atoms with Crippen LogP contribution in [0.25, 0.3) is 6.08 Å². The lowest BCUT2D eigenvalue weighted by Crippen LogP contribution is -2.46. The fourth-order valence-corrected chi connectivity index (χ4v) is 2.06. The van der Waals surface area contributed by atoms with Gasteiger partial charge in [0.15, 0.2) is 5.60 Å². The van der Waals surface area contributed by atoms with Gasteiger partial charge in [0.1, 0.15) is 5.75 Å². The molecule has 0 fully saturated rings. The van der Waals surface area contributed by atoms with Crippen molar-refractivity contribution in [3.8, 4) is 11.8 Å². The van der Waals surface area contributed by atoms with Crippen LogP contribution in [-0.4, -0.2) is 26.1 Å². The van der Waals surface area contributed by atoms with E-state index in [1.54, 1.807) is 32.4 Å². The summed E-state index contributed by atoms with van der Waals surface area (Å²) in [6.45, 7) is 1.89. The number of hydrogen-bond acceptors (Lipinski definition) is 4. The lowest BCUT2D eigenvalue weighted by Gasteiger charge is -2.36. The smallest absolute Gasteiger partial charge is 0.200 e. The first-order valence-corrected chi connectivity index (χ1v) is 5.61. The summed E-state index contributed by atoms with van der Waals surface area (Å²) in [6.07, 6.45) is 3.32. The van der Waals surface area contributed by atoms with Gasteiger partial charge < -0.3 is 14.2 Å². The van der Waals surface area contributed by atoms with Crippen molar-refractivity contribution in [3.63, 3.8) is 0 Å². The van der Waals surface area contributed by atoms with E-state index in [9.17, 15) is 0 Å². The number of nitriles is 1. The molecule has 4 nitrogen and oxygen atoms in total. The Balaban J connectivity index is 2.34. The zero-order valence-corrected chi connectivity index (χ0v) is 10.6. The minimum absolute atomic E-state index is 0.488. The predicted octanol–water partition coefficient (Wildman–Crippen LogP) is 2.34. The molecule has 1 unspecified atom stereocenters. The number of rotatable bonds is 3. The third-order valence-electron chi connectivity index (χ3n) is 2.96. The lowest BCUT2D eigenvalue weighted by atomic mass is 9.98. The first-order chi connectivity index (χ1) is 8.62. The molecule has 1 aromatic rings. The first kappa shape index (κ1) is 12.6. The zero-order chi connectivity index (χ0) is 13.2. The van der Waals surface area contributed by atoms with Crippen molar-refractivity contribution in [3.05, 3.63) is 35.4 Å². The van der Waals surface area contributed by atoms with Crippen LogP contribution in [-0.2, 0) is 9.47 Å². The van der Waals surface area contributed by atoms with Gasteiger partial charge in [-0.1, -0.05) is 6.08 Å². The van der Waals surface area contributed by atoms with Gasteiger partial charge in [-0.25, -0.2) is 0 Å². The molecule has 18 heavy (non-hydrogen) atoms. The Labute approximate surface area is 106 Å². The summed E-state index contributed by atoms with van der Waals surface area (Å²) < 4.78 is 16.4. The Bertz CT molecular complexity index is 514. The predicted molar refractivity (Wildman–Crippen MR) is 67.0 cm³/mol. The number of methoxy groups -OCH3 is 2. The fourth-order valence-electron chi connectivity index (χ4n) is 2.06. The number of hydrogen-bond donors (Lipinski definition) is 0. The van der Waals surface area contributed by atoms with Crippen molar-refractivity contribution < 1.29 is 14.2 Å². The highest BCUT2D eigenvalue weighted by atomic mass is 16.7. The fraction of sp³-hybridized carbons (Fsp3) is 0.357. The molecule has 1 heterocycles. The minimum Gasteiger partial charge on any atom is -0.478 e. The quantitative estimate of drug-likeness (QED) is 0.767. The molecule has 0 saturated carbocycles. The van der Waals surface area contributed by atoms with Crippen LogP contribution in [0.4, 0.5) is 0 Å². The summed E-state index contributed by atoms with van der Waals surface area (Å²) in [5.74, 6) is 0.720. The monoisotopic (exact) mass is 245 g/mol. The van der Waals surface area contributed by atoms with Crippen LogP contribution in [0.15, 0.2) is 24.3 Å². The van der Waals surface area contributed by atoms with Crippen LogP contribution in [0, 0.1) is 11.3 Å². The van der Waals surface area contributed by atoms with Crippen LogP contribution in [0.2, 0.25) is 0 Å². The molecule has 0 N–H and O–H groups in total. The summed E-state index contributed by atoms with van der Waals surface area (Å²) in [4.78, 5) is 0. The molecule has 1 aromatic carbocycles. The molecular formula is C14H15NO3. The van der Waals surface area contributed by atoms with E-state index < -0.39 is 11.9 Å². The Morgan fingerprint density at radius 1 is 1.33 bits per heavy atom. The van der Waals surface area contributed by atoms with E-state index in [0.29, 0.717) is 5.56 Å². The maximum atomic E-state index is 8.85. The Kier molecular flexibility index (Phi) is 3.37. The van der Waals surface area contributed by atoms with E-state index in [0.717, 1.165) is 11.3 Å². The molecule has 0 bridgehead atoms. The van der Waals surface area contributed by atoms with Gasteiger partial charge in [-0.3, -0.25) is 0 Å². The van der Waals surface area contributed by atoms with Gasteiger partial charge in [-0.15, -0.1) is 0 Å². The zero-order valence-electron chi connectivity index (χ0n) is 10.6. The van der Waals surface area contributed by atoms with Crippen molar-refractivity contribution in [1.82, 2.24) is 0 Å². The SMILES string of the molecule is COC(OC)C1(C)C=Cc2cc(C#N)ccc2O1. The molecule has 2 rings (SSSR count). The van der Waals surface area contributed by atoms with Crippen LogP contribution in [0.1, 0.15) is 18.1 Å². The van der Waals surface area contributed by atoms with Crippen LogP contribution in [0.3, 0.4) is 0 Å². The number of fused-ring (bicyclic) bond motifs is 1. The average Bonchev–Trinajstić information content (AvgIpc) is 2.39. The van der Waals surface area contributed by atoms with Crippen LogP contribution in [0.5, 0.6) is 5.75 Å². The molecular weight excluding hydrogens is 230 g/mol. The molecule has 4 heteroatoms. The maximum Gasteiger partial charge on any atom is 0.200 e. The van der Waals surface area contributed by atoms with Gasteiger partial charge in [0.05, 0.1) is 11.6 Å². The van der Waals surface area contributed by atoms with E-state index in [2.05, 4.69) is 6.07 Å². The average molecular weight is 245 g/mol. The van der Waals surface area contributed by atoms with Gasteiger partial charge in [-0.05, 0) is 31.2 Å². The Hall–Kier alpha value is -1.83. The normalized spacial score (nSPS) is 21.3. The molecule has 94 valence electrons. The second-order valence-electron chi connectivity index (χ2n) is 4.29. The lowest BCUT2D eigenvalue weighted by molar-refractivity contribution is -0.180. The first-order valence-electron chi connectivity index (χ1n) is 5.61.